The summed E-state index contributed by atoms with van der Waals surface area (Å²) in [6.07, 6.45) is 7.71. The summed E-state index contributed by atoms with van der Waals surface area (Å²) >= 11 is 0. The number of hydrogen-bond donors (Lipinski definition) is 1. The Morgan fingerprint density at radius 1 is 0.762 bits per heavy atom. The zero-order valence-electron chi connectivity index (χ0n) is 13.9. The summed E-state index contributed by atoms with van der Waals surface area (Å²) in [6, 6.07) is 0.0289. The summed E-state index contributed by atoms with van der Waals surface area (Å²) < 4.78 is 36.7. The summed E-state index contributed by atoms with van der Waals surface area (Å²) in [5.74, 6) is 0. The van der Waals surface area contributed by atoms with E-state index < -0.39 is 12.6 Å². The predicted molar refractivity (Wildman–Crippen MR) is 84.6 cm³/mol. The fourth-order valence-electron chi connectivity index (χ4n) is 2.68. The Balaban J connectivity index is 3.51. The van der Waals surface area contributed by atoms with E-state index in [2.05, 4.69) is 12.2 Å². The van der Waals surface area contributed by atoms with Gasteiger partial charge in [-0.05, 0) is 19.4 Å². The smallest absolute Gasteiger partial charge is 0.314 e. The lowest BCUT2D eigenvalue weighted by atomic mass is 10.0. The predicted octanol–water partition coefficient (Wildman–Crippen LogP) is 6.23. The first-order valence-electron chi connectivity index (χ1n) is 8.79. The van der Waals surface area contributed by atoms with Gasteiger partial charge < -0.3 is 5.32 Å². The number of hydrogen-bond acceptors (Lipinski definition) is 1. The van der Waals surface area contributed by atoms with Gasteiger partial charge in [0.1, 0.15) is 0 Å². The molecule has 0 rings (SSSR count). The molecule has 0 aromatic rings. The maximum atomic E-state index is 12.2. The average molecular weight is 309 g/mol. The van der Waals surface area contributed by atoms with E-state index in [-0.39, 0.29) is 12.5 Å². The fourth-order valence-corrected chi connectivity index (χ4v) is 2.68. The molecule has 0 aliphatic carbocycles. The molecular weight excluding hydrogens is 275 g/mol. The van der Waals surface area contributed by atoms with Crippen LogP contribution in [0.2, 0.25) is 0 Å². The zero-order valence-corrected chi connectivity index (χ0v) is 13.9. The number of rotatable bonds is 14. The monoisotopic (exact) mass is 309 g/mol. The molecule has 0 radical (unpaired) electrons. The molecule has 0 bridgehead atoms. The summed E-state index contributed by atoms with van der Waals surface area (Å²) in [4.78, 5) is 0. The number of nitrogens with one attached hydrogen (secondary N) is 1. The largest absolute Gasteiger partial charge is 0.389 e. The van der Waals surface area contributed by atoms with E-state index >= 15 is 0 Å². The van der Waals surface area contributed by atoms with Gasteiger partial charge in [0.05, 0.1) is 0 Å². The summed E-state index contributed by atoms with van der Waals surface area (Å²) in [7, 11) is 0. The van der Waals surface area contributed by atoms with E-state index in [0.29, 0.717) is 0 Å². The average Bonchev–Trinajstić information content (AvgIpc) is 2.42. The van der Waals surface area contributed by atoms with Crippen LogP contribution < -0.4 is 5.32 Å². The van der Waals surface area contributed by atoms with Crippen molar-refractivity contribution in [3.8, 4) is 0 Å². The number of unbranched alkanes of at least 4 members (excludes halogenated alkanes) is 8. The maximum Gasteiger partial charge on any atom is 0.389 e. The third-order valence-corrected chi connectivity index (χ3v) is 3.93. The Bertz CT molecular complexity index is 217. The Labute approximate surface area is 129 Å². The third kappa shape index (κ3) is 16.0. The quantitative estimate of drug-likeness (QED) is 0.375. The van der Waals surface area contributed by atoms with Crippen LogP contribution in [0.15, 0.2) is 0 Å². The van der Waals surface area contributed by atoms with Crippen LogP contribution in [0, 0.1) is 0 Å². The van der Waals surface area contributed by atoms with Crippen molar-refractivity contribution in [2.24, 2.45) is 0 Å². The number of halogens is 3. The lowest BCUT2D eigenvalue weighted by Crippen LogP contribution is -2.30. The second kappa shape index (κ2) is 13.4. The minimum atomic E-state index is -4.02. The van der Waals surface area contributed by atoms with Crippen molar-refractivity contribution in [1.29, 1.82) is 0 Å². The Kier molecular flexibility index (Phi) is 13.3. The molecule has 128 valence electrons. The lowest BCUT2D eigenvalue weighted by Gasteiger charge is -2.18. The summed E-state index contributed by atoms with van der Waals surface area (Å²) in [5.41, 5.74) is 0. The van der Waals surface area contributed by atoms with Crippen LogP contribution in [-0.2, 0) is 0 Å². The molecule has 0 saturated carbocycles. The van der Waals surface area contributed by atoms with Gasteiger partial charge in [-0.3, -0.25) is 0 Å². The molecule has 0 aliphatic rings. The topological polar surface area (TPSA) is 12.0 Å². The first-order valence-corrected chi connectivity index (χ1v) is 8.79. The van der Waals surface area contributed by atoms with Gasteiger partial charge in [0.15, 0.2) is 0 Å². The van der Waals surface area contributed by atoms with E-state index in [1.165, 1.54) is 44.9 Å². The SMILES string of the molecule is CCCCCCCCCCCC(CCC(F)(F)F)NCC. The van der Waals surface area contributed by atoms with Crippen LogP contribution >= 0.6 is 0 Å². The Morgan fingerprint density at radius 3 is 1.76 bits per heavy atom. The van der Waals surface area contributed by atoms with Crippen LogP contribution in [-0.4, -0.2) is 18.8 Å². The molecule has 1 N–H and O–H groups in total. The van der Waals surface area contributed by atoms with Crippen LogP contribution in [0.5, 0.6) is 0 Å². The third-order valence-electron chi connectivity index (χ3n) is 3.93. The van der Waals surface area contributed by atoms with Crippen molar-refractivity contribution < 1.29 is 13.2 Å². The highest BCUT2D eigenvalue weighted by molar-refractivity contribution is 4.68. The van der Waals surface area contributed by atoms with Gasteiger partial charge >= 0.3 is 6.18 Å². The fraction of sp³-hybridized carbons (Fsp3) is 1.00. The van der Waals surface area contributed by atoms with Gasteiger partial charge in [-0.25, -0.2) is 0 Å². The minimum absolute atomic E-state index is 0.0289. The van der Waals surface area contributed by atoms with Gasteiger partial charge in [-0.2, -0.15) is 13.2 Å². The van der Waals surface area contributed by atoms with Crippen molar-refractivity contribution >= 4 is 0 Å². The van der Waals surface area contributed by atoms with Gasteiger partial charge in [0.2, 0.25) is 0 Å². The van der Waals surface area contributed by atoms with E-state index in [1.54, 1.807) is 0 Å². The summed E-state index contributed by atoms with van der Waals surface area (Å²) in [5, 5.41) is 3.18. The van der Waals surface area contributed by atoms with E-state index in [4.69, 9.17) is 0 Å². The van der Waals surface area contributed by atoms with Crippen LogP contribution in [0.4, 0.5) is 13.2 Å². The maximum absolute atomic E-state index is 12.2. The molecular formula is C17H34F3N. The van der Waals surface area contributed by atoms with Crippen molar-refractivity contribution in [2.75, 3.05) is 6.54 Å². The van der Waals surface area contributed by atoms with E-state index in [0.717, 1.165) is 25.8 Å². The standard InChI is InChI=1S/C17H34F3N/c1-3-5-6-7-8-9-10-11-12-13-16(21-4-2)14-15-17(18,19)20/h16,21H,3-15H2,1-2H3. The molecule has 0 aromatic heterocycles. The highest BCUT2D eigenvalue weighted by Crippen LogP contribution is 2.23. The van der Waals surface area contributed by atoms with Crippen LogP contribution in [0.25, 0.3) is 0 Å². The Hall–Kier alpha value is -0.250. The van der Waals surface area contributed by atoms with E-state index in [9.17, 15) is 13.2 Å². The minimum Gasteiger partial charge on any atom is -0.314 e. The first-order chi connectivity index (χ1) is 9.99. The molecule has 0 amide bonds. The van der Waals surface area contributed by atoms with Gasteiger partial charge in [-0.15, -0.1) is 0 Å². The van der Waals surface area contributed by atoms with Crippen LogP contribution in [0.3, 0.4) is 0 Å². The molecule has 0 aromatic carbocycles. The molecule has 0 fully saturated rings. The molecule has 21 heavy (non-hydrogen) atoms. The molecule has 1 atom stereocenters. The van der Waals surface area contributed by atoms with Crippen LogP contribution in [0.1, 0.15) is 90.9 Å². The molecule has 0 saturated heterocycles. The normalized spacial score (nSPS) is 13.6. The highest BCUT2D eigenvalue weighted by atomic mass is 19.4. The van der Waals surface area contributed by atoms with Gasteiger partial charge in [-0.1, -0.05) is 71.6 Å². The Morgan fingerprint density at radius 2 is 1.29 bits per heavy atom. The molecule has 4 heteroatoms. The molecule has 0 spiro atoms. The van der Waals surface area contributed by atoms with Crippen molar-refractivity contribution in [2.45, 2.75) is 103 Å². The van der Waals surface area contributed by atoms with Crippen molar-refractivity contribution in [3.05, 3.63) is 0 Å². The zero-order chi connectivity index (χ0) is 16.0. The second-order valence-electron chi connectivity index (χ2n) is 6.03. The molecule has 1 unspecified atom stereocenters. The second-order valence-corrected chi connectivity index (χ2v) is 6.03. The first kappa shape index (κ1) is 20.8. The molecule has 1 nitrogen and oxygen atoms in total. The van der Waals surface area contributed by atoms with Crippen molar-refractivity contribution in [1.82, 2.24) is 5.32 Å². The van der Waals surface area contributed by atoms with E-state index in [1.807, 2.05) is 6.92 Å². The lowest BCUT2D eigenvalue weighted by molar-refractivity contribution is -0.136. The molecule has 0 heterocycles. The highest BCUT2D eigenvalue weighted by Gasteiger charge is 2.27. The summed E-state index contributed by atoms with van der Waals surface area (Å²) in [6.45, 7) is 4.93. The van der Waals surface area contributed by atoms with Crippen molar-refractivity contribution in [3.63, 3.8) is 0 Å². The van der Waals surface area contributed by atoms with Gasteiger partial charge in [0.25, 0.3) is 0 Å². The van der Waals surface area contributed by atoms with Gasteiger partial charge in [0, 0.05) is 12.5 Å². The molecule has 0 aliphatic heterocycles. The number of alkyl halides is 3.